The number of nitrogens with one attached hydrogen (secondary N) is 3. The van der Waals surface area contributed by atoms with Crippen molar-refractivity contribution in [2.24, 2.45) is 5.92 Å². The van der Waals surface area contributed by atoms with Gasteiger partial charge in [0.15, 0.2) is 5.78 Å². The van der Waals surface area contributed by atoms with Crippen molar-refractivity contribution < 1.29 is 19.1 Å². The summed E-state index contributed by atoms with van der Waals surface area (Å²) in [4.78, 5) is 26.2. The zero-order valence-electron chi connectivity index (χ0n) is 17.3. The highest BCUT2D eigenvalue weighted by atomic mass is 32.2. The van der Waals surface area contributed by atoms with Crippen molar-refractivity contribution in [1.82, 2.24) is 16.0 Å². The van der Waals surface area contributed by atoms with Gasteiger partial charge in [-0.05, 0) is 42.2 Å². The lowest BCUT2D eigenvalue weighted by Crippen LogP contribution is -2.67. The first-order valence-corrected chi connectivity index (χ1v) is 11.8. The topological polar surface area (TPSA) is 90.5 Å². The Hall–Kier alpha value is -2.84. The minimum absolute atomic E-state index is 0.0504. The Balaban J connectivity index is 1.43. The number of phenols is 1. The average molecular weight is 454 g/mol. The molecule has 2 aromatic carbocycles. The van der Waals surface area contributed by atoms with Crippen molar-refractivity contribution in [2.45, 2.75) is 42.6 Å². The third kappa shape index (κ3) is 3.89. The van der Waals surface area contributed by atoms with Crippen LogP contribution in [0.5, 0.6) is 5.75 Å². The third-order valence-corrected chi connectivity index (χ3v) is 7.38. The summed E-state index contributed by atoms with van der Waals surface area (Å²) < 4.78 is 14.0. The molecule has 1 amide bonds. The van der Waals surface area contributed by atoms with E-state index in [9.17, 15) is 19.1 Å². The van der Waals surface area contributed by atoms with Crippen molar-refractivity contribution in [3.8, 4) is 5.75 Å². The highest BCUT2D eigenvalue weighted by Gasteiger charge is 2.49. The van der Waals surface area contributed by atoms with Gasteiger partial charge in [-0.25, -0.2) is 4.39 Å². The summed E-state index contributed by atoms with van der Waals surface area (Å²) in [5, 5.41) is 19.9. The first kappa shape index (κ1) is 21.0. The smallest absolute Gasteiger partial charge is 0.229 e. The maximum Gasteiger partial charge on any atom is 0.229 e. The summed E-state index contributed by atoms with van der Waals surface area (Å²) in [7, 11) is 0. The van der Waals surface area contributed by atoms with Crippen LogP contribution < -0.4 is 16.0 Å². The van der Waals surface area contributed by atoms with E-state index in [1.165, 1.54) is 17.8 Å². The molecular formula is C24H24FN3O3S. The highest BCUT2D eigenvalue weighted by molar-refractivity contribution is 7.99. The van der Waals surface area contributed by atoms with E-state index in [2.05, 4.69) is 16.0 Å². The maximum absolute atomic E-state index is 14.0. The van der Waals surface area contributed by atoms with Gasteiger partial charge in [-0.3, -0.25) is 14.9 Å². The molecule has 0 spiro atoms. The van der Waals surface area contributed by atoms with Gasteiger partial charge in [-0.2, -0.15) is 0 Å². The number of carbonyl (C=O) groups is 2. The molecule has 2 aromatic rings. The first-order chi connectivity index (χ1) is 15.5. The second-order valence-corrected chi connectivity index (χ2v) is 9.44. The second kappa shape index (κ2) is 8.60. The Bertz CT molecular complexity index is 1110. The number of fused-ring (bicyclic) bond motifs is 1. The third-order valence-electron chi connectivity index (χ3n) is 6.31. The number of carbonyl (C=O) groups excluding carboxylic acids is 2. The van der Waals surface area contributed by atoms with Crippen LogP contribution in [0.25, 0.3) is 0 Å². The zero-order chi connectivity index (χ0) is 22.2. The molecule has 32 heavy (non-hydrogen) atoms. The predicted octanol–water partition coefficient (Wildman–Crippen LogP) is 3.10. The normalized spacial score (nSPS) is 27.3. The quantitative estimate of drug-likeness (QED) is 0.569. The fraction of sp³-hybridized carbons (Fsp3) is 0.333. The van der Waals surface area contributed by atoms with Gasteiger partial charge < -0.3 is 15.7 Å². The Kier molecular flexibility index (Phi) is 5.65. The van der Waals surface area contributed by atoms with Gasteiger partial charge in [0.25, 0.3) is 0 Å². The van der Waals surface area contributed by atoms with Crippen LogP contribution in [0.2, 0.25) is 0 Å². The average Bonchev–Trinajstić information content (AvgIpc) is 2.77. The Morgan fingerprint density at radius 3 is 2.72 bits per heavy atom. The number of hydrogen-bond donors (Lipinski definition) is 4. The number of hydrogen-bond acceptors (Lipinski definition) is 6. The van der Waals surface area contributed by atoms with E-state index < -0.39 is 17.3 Å². The van der Waals surface area contributed by atoms with Crippen LogP contribution in [-0.2, 0) is 15.3 Å². The standard InChI is InChI=1S/C24H24FN3O3S/c25-16-8-2-1-5-14(16)12-32-24-27-22-21(23(31)28-24)19(13-6-3-7-15(29)11-13)20-17(26-22)9-4-10-18(20)30/h1-3,5-8,11,19,21-22,24,26-27,29H,4,9-10,12H2,(H,28,31). The minimum Gasteiger partial charge on any atom is -0.508 e. The van der Waals surface area contributed by atoms with E-state index in [1.54, 1.807) is 36.4 Å². The summed E-state index contributed by atoms with van der Waals surface area (Å²) in [5.41, 5.74) is 2.45. The van der Waals surface area contributed by atoms with Crippen LogP contribution in [0, 0.1) is 11.7 Å². The van der Waals surface area contributed by atoms with Crippen LogP contribution in [0.4, 0.5) is 4.39 Å². The molecule has 4 N–H and O–H groups in total. The van der Waals surface area contributed by atoms with Crippen LogP contribution in [0.15, 0.2) is 59.8 Å². The number of allylic oxidation sites excluding steroid dienone is 2. The van der Waals surface area contributed by atoms with E-state index in [1.807, 2.05) is 6.07 Å². The van der Waals surface area contributed by atoms with Crippen molar-refractivity contribution in [3.05, 3.63) is 76.7 Å². The van der Waals surface area contributed by atoms with Gasteiger partial charge in [0, 0.05) is 29.4 Å². The van der Waals surface area contributed by atoms with E-state index in [0.717, 1.165) is 24.1 Å². The zero-order valence-corrected chi connectivity index (χ0v) is 18.1. The fourth-order valence-corrected chi connectivity index (χ4v) is 5.90. The van der Waals surface area contributed by atoms with E-state index in [0.29, 0.717) is 23.3 Å². The largest absolute Gasteiger partial charge is 0.508 e. The molecule has 0 saturated carbocycles. The maximum atomic E-state index is 14.0. The van der Waals surface area contributed by atoms with Crippen LogP contribution in [-0.4, -0.2) is 28.5 Å². The lowest BCUT2D eigenvalue weighted by atomic mass is 9.70. The Labute approximate surface area is 189 Å². The van der Waals surface area contributed by atoms with E-state index >= 15 is 0 Å². The van der Waals surface area contributed by atoms with Crippen LogP contribution in [0.3, 0.4) is 0 Å². The van der Waals surface area contributed by atoms with Crippen LogP contribution in [0.1, 0.15) is 36.3 Å². The number of thioether (sulfide) groups is 1. The molecule has 1 fully saturated rings. The molecular weight excluding hydrogens is 429 g/mol. The molecule has 4 atom stereocenters. The number of halogens is 1. The number of benzene rings is 2. The molecule has 3 aliphatic rings. The molecule has 0 bridgehead atoms. The summed E-state index contributed by atoms with van der Waals surface area (Å²) in [6.45, 7) is 0. The number of Topliss-reactive ketones (excluding diaryl/α,β-unsaturated/α-hetero) is 1. The molecule has 1 aliphatic carbocycles. The molecule has 1 saturated heterocycles. The molecule has 8 heteroatoms. The van der Waals surface area contributed by atoms with Crippen molar-refractivity contribution in [1.29, 1.82) is 0 Å². The van der Waals surface area contributed by atoms with Crippen molar-refractivity contribution in [2.75, 3.05) is 0 Å². The summed E-state index contributed by atoms with van der Waals surface area (Å²) >= 11 is 1.41. The molecule has 6 nitrogen and oxygen atoms in total. The summed E-state index contributed by atoms with van der Waals surface area (Å²) in [5.74, 6) is -0.880. The predicted molar refractivity (Wildman–Crippen MR) is 120 cm³/mol. The second-order valence-electron chi connectivity index (χ2n) is 8.35. The van der Waals surface area contributed by atoms with E-state index in [-0.39, 0.29) is 29.4 Å². The Morgan fingerprint density at radius 2 is 1.91 bits per heavy atom. The lowest BCUT2D eigenvalue weighted by molar-refractivity contribution is -0.130. The number of aromatic hydroxyl groups is 1. The van der Waals surface area contributed by atoms with Gasteiger partial charge in [-0.15, -0.1) is 11.8 Å². The van der Waals surface area contributed by atoms with Gasteiger partial charge in [0.05, 0.1) is 12.1 Å². The molecule has 2 heterocycles. The fourth-order valence-electron chi connectivity index (χ4n) is 4.87. The van der Waals surface area contributed by atoms with E-state index in [4.69, 9.17) is 0 Å². The molecule has 5 rings (SSSR count). The lowest BCUT2D eigenvalue weighted by Gasteiger charge is -2.47. The summed E-state index contributed by atoms with van der Waals surface area (Å²) in [6, 6.07) is 13.4. The molecule has 0 radical (unpaired) electrons. The monoisotopic (exact) mass is 453 g/mol. The Morgan fingerprint density at radius 1 is 1.06 bits per heavy atom. The number of amides is 1. The molecule has 0 aromatic heterocycles. The highest BCUT2D eigenvalue weighted by Crippen LogP contribution is 2.44. The summed E-state index contributed by atoms with van der Waals surface area (Å²) in [6.07, 6.45) is 1.60. The van der Waals surface area contributed by atoms with Gasteiger partial charge in [0.2, 0.25) is 5.91 Å². The number of rotatable bonds is 4. The number of ketones is 1. The number of phenolic OH excluding ortho intramolecular Hbond substituents is 1. The molecule has 2 aliphatic heterocycles. The molecule has 166 valence electrons. The van der Waals surface area contributed by atoms with Crippen molar-refractivity contribution in [3.63, 3.8) is 0 Å². The van der Waals surface area contributed by atoms with Gasteiger partial charge in [0.1, 0.15) is 17.1 Å². The SMILES string of the molecule is O=C1CCCC2=C1C(c1cccc(O)c1)C1C(=O)NC(SCc3ccccc3F)NC1N2. The first-order valence-electron chi connectivity index (χ1n) is 10.7. The molecule has 4 unspecified atom stereocenters. The minimum atomic E-state index is -0.553. The van der Waals surface area contributed by atoms with Gasteiger partial charge in [-0.1, -0.05) is 30.3 Å². The van der Waals surface area contributed by atoms with Crippen molar-refractivity contribution >= 4 is 23.5 Å². The van der Waals surface area contributed by atoms with Gasteiger partial charge >= 0.3 is 0 Å². The van der Waals surface area contributed by atoms with Crippen LogP contribution >= 0.6 is 11.8 Å².